The molecule has 0 spiro atoms. The van der Waals surface area contributed by atoms with E-state index >= 15 is 0 Å². The van der Waals surface area contributed by atoms with Crippen LogP contribution in [0.3, 0.4) is 0 Å². The molecule has 3 nitrogen and oxygen atoms in total. The van der Waals surface area contributed by atoms with Crippen molar-refractivity contribution in [1.29, 1.82) is 0 Å². The zero-order valence-electron chi connectivity index (χ0n) is 11.6. The molecule has 0 bridgehead atoms. The zero-order valence-corrected chi connectivity index (χ0v) is 14.0. The maximum absolute atomic E-state index is 12.0. The van der Waals surface area contributed by atoms with Crippen LogP contribution in [0.25, 0.3) is 0 Å². The minimum absolute atomic E-state index is 0.0230. The number of rotatable bonds is 7. The Balaban J connectivity index is 1.84. The molecule has 0 saturated carbocycles. The van der Waals surface area contributed by atoms with Crippen LogP contribution in [0, 0.1) is 0 Å². The number of alkyl halides is 1. The van der Waals surface area contributed by atoms with E-state index in [0.29, 0.717) is 13.0 Å². The minimum atomic E-state index is -3.26. The largest absolute Gasteiger partial charge is 0.214 e. The summed E-state index contributed by atoms with van der Waals surface area (Å²) in [5, 5.41) is 0. The van der Waals surface area contributed by atoms with Gasteiger partial charge in [0.1, 0.15) is 0 Å². The third kappa shape index (κ3) is 5.61. The van der Waals surface area contributed by atoms with Gasteiger partial charge in [0, 0.05) is 6.54 Å². The van der Waals surface area contributed by atoms with Crippen molar-refractivity contribution in [3.05, 3.63) is 71.8 Å². The Hall–Kier alpha value is -1.17. The van der Waals surface area contributed by atoms with Gasteiger partial charge in [-0.05, 0) is 17.5 Å². The van der Waals surface area contributed by atoms with Crippen molar-refractivity contribution in [2.75, 3.05) is 12.3 Å². The molecule has 21 heavy (non-hydrogen) atoms. The first-order chi connectivity index (χ1) is 10.1. The van der Waals surface area contributed by atoms with Crippen molar-refractivity contribution < 1.29 is 8.42 Å². The van der Waals surface area contributed by atoms with Gasteiger partial charge in [0.2, 0.25) is 10.0 Å². The van der Waals surface area contributed by atoms with Crippen LogP contribution in [-0.4, -0.2) is 20.7 Å². The highest BCUT2D eigenvalue weighted by atomic mass is 79.9. The average Bonchev–Trinajstić information content (AvgIpc) is 2.53. The molecule has 0 fully saturated rings. The van der Waals surface area contributed by atoms with Gasteiger partial charge >= 0.3 is 0 Å². The Morgan fingerprint density at radius 2 is 1.52 bits per heavy atom. The standard InChI is InChI=1S/C16H18BrNO2S/c17-16(15-9-5-2-6-10-15)13-18-21(19,20)12-11-14-7-3-1-4-8-14/h1-10,16,18H,11-13H2. The summed E-state index contributed by atoms with van der Waals surface area (Å²) in [6.07, 6.45) is 0.522. The second-order valence-corrected chi connectivity index (χ2v) is 7.81. The van der Waals surface area contributed by atoms with Crippen LogP contribution in [-0.2, 0) is 16.4 Å². The third-order valence-corrected chi connectivity index (χ3v) is 5.35. The van der Waals surface area contributed by atoms with Crippen LogP contribution in [0.1, 0.15) is 16.0 Å². The van der Waals surface area contributed by atoms with Gasteiger partial charge in [-0.2, -0.15) is 0 Å². The molecule has 0 heterocycles. The summed E-state index contributed by atoms with van der Waals surface area (Å²) < 4.78 is 26.7. The SMILES string of the molecule is O=S(=O)(CCc1ccccc1)NCC(Br)c1ccccc1. The molecule has 2 aromatic rings. The van der Waals surface area contributed by atoms with Crippen LogP contribution >= 0.6 is 15.9 Å². The van der Waals surface area contributed by atoms with E-state index in [2.05, 4.69) is 20.7 Å². The number of aryl methyl sites for hydroxylation is 1. The first-order valence-electron chi connectivity index (χ1n) is 6.77. The predicted molar refractivity (Wildman–Crippen MR) is 90.0 cm³/mol. The van der Waals surface area contributed by atoms with Crippen molar-refractivity contribution >= 4 is 26.0 Å². The highest BCUT2D eigenvalue weighted by Gasteiger charge is 2.14. The summed E-state index contributed by atoms with van der Waals surface area (Å²) in [5.74, 6) is 0.103. The summed E-state index contributed by atoms with van der Waals surface area (Å²) in [6.45, 7) is 0.348. The Bertz CT molecular complexity index is 644. The maximum Gasteiger partial charge on any atom is 0.211 e. The topological polar surface area (TPSA) is 46.2 Å². The first-order valence-corrected chi connectivity index (χ1v) is 9.34. The molecule has 0 radical (unpaired) electrons. The third-order valence-electron chi connectivity index (χ3n) is 3.15. The van der Waals surface area contributed by atoms with Crippen LogP contribution in [0.15, 0.2) is 60.7 Å². The molecule has 0 aromatic heterocycles. The molecule has 0 amide bonds. The summed E-state index contributed by atoms with van der Waals surface area (Å²) in [6, 6.07) is 19.4. The lowest BCUT2D eigenvalue weighted by Gasteiger charge is -2.12. The van der Waals surface area contributed by atoms with Crippen LogP contribution in [0.2, 0.25) is 0 Å². The molecule has 0 saturated heterocycles. The van der Waals surface area contributed by atoms with Crippen LogP contribution in [0.5, 0.6) is 0 Å². The van der Waals surface area contributed by atoms with E-state index in [9.17, 15) is 8.42 Å². The average molecular weight is 368 g/mol. The molecular weight excluding hydrogens is 350 g/mol. The first kappa shape index (κ1) is 16.2. The number of sulfonamides is 1. The fraction of sp³-hybridized carbons (Fsp3) is 0.250. The Kier molecular flexibility index (Phi) is 5.96. The molecule has 0 aliphatic heterocycles. The van der Waals surface area contributed by atoms with Crippen molar-refractivity contribution in [2.24, 2.45) is 0 Å². The van der Waals surface area contributed by atoms with Gasteiger partial charge < -0.3 is 0 Å². The van der Waals surface area contributed by atoms with Crippen LogP contribution in [0.4, 0.5) is 0 Å². The molecule has 1 atom stereocenters. The lowest BCUT2D eigenvalue weighted by molar-refractivity contribution is 0.580. The lowest BCUT2D eigenvalue weighted by atomic mass is 10.2. The molecule has 0 aliphatic carbocycles. The molecule has 2 aromatic carbocycles. The maximum atomic E-state index is 12.0. The molecule has 5 heteroatoms. The number of nitrogens with one attached hydrogen (secondary N) is 1. The summed E-state index contributed by atoms with van der Waals surface area (Å²) in [7, 11) is -3.26. The van der Waals surface area contributed by atoms with Crippen molar-refractivity contribution in [3.8, 4) is 0 Å². The highest BCUT2D eigenvalue weighted by Crippen LogP contribution is 2.21. The van der Waals surface area contributed by atoms with E-state index in [1.54, 1.807) is 0 Å². The highest BCUT2D eigenvalue weighted by molar-refractivity contribution is 9.09. The minimum Gasteiger partial charge on any atom is -0.214 e. The smallest absolute Gasteiger partial charge is 0.211 e. The van der Waals surface area contributed by atoms with Crippen molar-refractivity contribution in [3.63, 3.8) is 0 Å². The monoisotopic (exact) mass is 367 g/mol. The Morgan fingerprint density at radius 1 is 0.952 bits per heavy atom. The van der Waals surface area contributed by atoms with Gasteiger partial charge in [-0.25, -0.2) is 13.1 Å². The van der Waals surface area contributed by atoms with Gasteiger partial charge in [-0.15, -0.1) is 0 Å². The summed E-state index contributed by atoms with van der Waals surface area (Å²) >= 11 is 3.51. The van der Waals surface area contributed by atoms with E-state index in [-0.39, 0.29) is 10.6 Å². The van der Waals surface area contributed by atoms with E-state index in [1.165, 1.54) is 0 Å². The molecule has 2 rings (SSSR count). The predicted octanol–water partition coefficient (Wildman–Crippen LogP) is 3.28. The van der Waals surface area contributed by atoms with Gasteiger partial charge in [-0.3, -0.25) is 0 Å². The number of hydrogen-bond donors (Lipinski definition) is 1. The summed E-state index contributed by atoms with van der Waals surface area (Å²) in [5.41, 5.74) is 2.09. The van der Waals surface area contributed by atoms with Gasteiger partial charge in [-0.1, -0.05) is 76.6 Å². The number of benzene rings is 2. The molecule has 1 N–H and O–H groups in total. The summed E-state index contributed by atoms with van der Waals surface area (Å²) in [4.78, 5) is -0.0230. The van der Waals surface area contributed by atoms with Gasteiger partial charge in [0.25, 0.3) is 0 Å². The normalized spacial score (nSPS) is 13.0. The van der Waals surface area contributed by atoms with E-state index < -0.39 is 10.0 Å². The molecule has 0 aliphatic rings. The molecular formula is C16H18BrNO2S. The Morgan fingerprint density at radius 3 is 2.14 bits per heavy atom. The second-order valence-electron chi connectivity index (χ2n) is 4.78. The van der Waals surface area contributed by atoms with Gasteiger partial charge in [0.05, 0.1) is 10.6 Å². The van der Waals surface area contributed by atoms with E-state index in [4.69, 9.17) is 0 Å². The zero-order chi connectivity index (χ0) is 15.1. The number of hydrogen-bond acceptors (Lipinski definition) is 2. The fourth-order valence-corrected chi connectivity index (χ4v) is 3.70. The van der Waals surface area contributed by atoms with Crippen molar-refractivity contribution in [1.82, 2.24) is 4.72 Å². The Labute approximate surface area is 134 Å². The van der Waals surface area contributed by atoms with E-state index in [1.807, 2.05) is 60.7 Å². The van der Waals surface area contributed by atoms with Crippen molar-refractivity contribution in [2.45, 2.75) is 11.2 Å². The number of halogens is 1. The van der Waals surface area contributed by atoms with Crippen LogP contribution < -0.4 is 4.72 Å². The quantitative estimate of drug-likeness (QED) is 0.763. The second kappa shape index (κ2) is 7.73. The van der Waals surface area contributed by atoms with E-state index in [0.717, 1.165) is 11.1 Å². The molecule has 1 unspecified atom stereocenters. The molecule has 112 valence electrons. The van der Waals surface area contributed by atoms with Gasteiger partial charge in [0.15, 0.2) is 0 Å². The lowest BCUT2D eigenvalue weighted by Crippen LogP contribution is -2.30. The fourth-order valence-electron chi connectivity index (χ4n) is 1.95.